The zero-order chi connectivity index (χ0) is 18.4. The third kappa shape index (κ3) is 2.90. The minimum Gasteiger partial charge on any atom is -0.341 e. The molecule has 0 spiro atoms. The molecule has 5 rings (SSSR count). The van der Waals surface area contributed by atoms with Crippen LogP contribution in [0.4, 0.5) is 5.95 Å². The summed E-state index contributed by atoms with van der Waals surface area (Å²) >= 11 is 6.07. The summed E-state index contributed by atoms with van der Waals surface area (Å²) in [5.74, 6) is 1.50. The first-order valence-electron chi connectivity index (χ1n) is 9.17. The summed E-state index contributed by atoms with van der Waals surface area (Å²) in [7, 11) is 0. The van der Waals surface area contributed by atoms with Gasteiger partial charge in [0.1, 0.15) is 5.82 Å². The molecular weight excluding hydrogens is 362 g/mol. The van der Waals surface area contributed by atoms with E-state index >= 15 is 0 Å². The Hall–Kier alpha value is -2.73. The standard InChI is InChI=1S/C20H18ClN5O/c21-15-3-4-16-17(10-15)24-18-14(5-8-26(18)19(16)27)9-13-11-22-20(23-12-13)25-6-1-2-7-25/h3-4,9-12H,1-2,5-8H2/b14-9+. The molecule has 6 nitrogen and oxygen atoms in total. The van der Waals surface area contributed by atoms with Crippen LogP contribution in [0.25, 0.3) is 22.6 Å². The molecule has 0 N–H and O–H groups in total. The van der Waals surface area contributed by atoms with E-state index in [-0.39, 0.29) is 5.56 Å². The second kappa shape index (κ2) is 6.46. The summed E-state index contributed by atoms with van der Waals surface area (Å²) in [6, 6.07) is 5.21. The summed E-state index contributed by atoms with van der Waals surface area (Å²) in [6.45, 7) is 2.69. The zero-order valence-corrected chi connectivity index (χ0v) is 15.5. The molecule has 2 aromatic heterocycles. The molecule has 3 aromatic rings. The molecule has 1 aromatic carbocycles. The average Bonchev–Trinajstić information content (AvgIpc) is 3.33. The molecular formula is C20H18ClN5O. The highest BCUT2D eigenvalue weighted by atomic mass is 35.5. The van der Waals surface area contributed by atoms with Crippen molar-refractivity contribution in [2.45, 2.75) is 25.8 Å². The minimum atomic E-state index is -0.0179. The summed E-state index contributed by atoms with van der Waals surface area (Å²) in [4.78, 5) is 28.7. The molecule has 0 amide bonds. The van der Waals surface area contributed by atoms with E-state index in [4.69, 9.17) is 16.6 Å². The van der Waals surface area contributed by atoms with Crippen LogP contribution in [0.15, 0.2) is 35.4 Å². The Morgan fingerprint density at radius 2 is 1.85 bits per heavy atom. The number of halogens is 1. The zero-order valence-electron chi connectivity index (χ0n) is 14.7. The number of aromatic nitrogens is 4. The van der Waals surface area contributed by atoms with E-state index in [9.17, 15) is 4.79 Å². The smallest absolute Gasteiger partial charge is 0.261 e. The number of benzene rings is 1. The van der Waals surface area contributed by atoms with Gasteiger partial charge in [0, 0.05) is 42.6 Å². The van der Waals surface area contributed by atoms with E-state index in [1.165, 1.54) is 12.8 Å². The number of hydrogen-bond donors (Lipinski definition) is 0. The fourth-order valence-electron chi connectivity index (χ4n) is 3.81. The van der Waals surface area contributed by atoms with Crippen LogP contribution >= 0.6 is 11.6 Å². The molecule has 2 aliphatic heterocycles. The lowest BCUT2D eigenvalue weighted by Gasteiger charge is -2.14. The maximum absolute atomic E-state index is 12.7. The van der Waals surface area contributed by atoms with Crippen molar-refractivity contribution in [2.24, 2.45) is 0 Å². The van der Waals surface area contributed by atoms with Gasteiger partial charge in [0.2, 0.25) is 5.95 Å². The number of allylic oxidation sites excluding steroid dienone is 1. The highest BCUT2D eigenvalue weighted by molar-refractivity contribution is 6.31. The van der Waals surface area contributed by atoms with Gasteiger partial charge in [-0.05, 0) is 49.1 Å². The van der Waals surface area contributed by atoms with Gasteiger partial charge in [0.15, 0.2) is 0 Å². The topological polar surface area (TPSA) is 63.9 Å². The van der Waals surface area contributed by atoms with Gasteiger partial charge < -0.3 is 4.90 Å². The molecule has 2 aliphatic rings. The van der Waals surface area contributed by atoms with Crippen molar-refractivity contribution in [3.63, 3.8) is 0 Å². The number of nitrogens with zero attached hydrogens (tertiary/aromatic N) is 5. The third-order valence-corrected chi connectivity index (χ3v) is 5.43. The van der Waals surface area contributed by atoms with Crippen LogP contribution in [0.3, 0.4) is 0 Å². The molecule has 0 unspecified atom stereocenters. The highest BCUT2D eigenvalue weighted by Crippen LogP contribution is 2.28. The maximum atomic E-state index is 12.7. The largest absolute Gasteiger partial charge is 0.341 e. The minimum absolute atomic E-state index is 0.0179. The lowest BCUT2D eigenvalue weighted by molar-refractivity contribution is 0.725. The number of anilines is 1. The fraction of sp³-hybridized carbons (Fsp3) is 0.300. The molecule has 1 fully saturated rings. The van der Waals surface area contributed by atoms with Gasteiger partial charge in [-0.3, -0.25) is 9.36 Å². The molecule has 0 radical (unpaired) electrons. The SMILES string of the molecule is O=c1c2ccc(Cl)cc2nc2n1CC/C2=C\c1cnc(N2CCCC2)nc1. The van der Waals surface area contributed by atoms with Crippen LogP contribution in [0.5, 0.6) is 0 Å². The highest BCUT2D eigenvalue weighted by Gasteiger charge is 2.21. The van der Waals surface area contributed by atoms with E-state index < -0.39 is 0 Å². The lowest BCUT2D eigenvalue weighted by atomic mass is 10.1. The van der Waals surface area contributed by atoms with Gasteiger partial charge in [0.05, 0.1) is 10.9 Å². The van der Waals surface area contributed by atoms with E-state index in [0.717, 1.165) is 36.6 Å². The first-order valence-corrected chi connectivity index (χ1v) is 9.55. The maximum Gasteiger partial charge on any atom is 0.261 e. The Labute approximate surface area is 161 Å². The van der Waals surface area contributed by atoms with Gasteiger partial charge in [-0.15, -0.1) is 0 Å². The molecule has 136 valence electrons. The van der Waals surface area contributed by atoms with Crippen molar-refractivity contribution in [2.75, 3.05) is 18.0 Å². The Morgan fingerprint density at radius 3 is 2.63 bits per heavy atom. The summed E-state index contributed by atoms with van der Waals surface area (Å²) in [6.07, 6.45) is 8.86. The van der Waals surface area contributed by atoms with Crippen molar-refractivity contribution >= 4 is 40.1 Å². The van der Waals surface area contributed by atoms with Crippen molar-refractivity contribution in [3.05, 3.63) is 57.4 Å². The molecule has 1 saturated heterocycles. The Bertz CT molecular complexity index is 1110. The van der Waals surface area contributed by atoms with Crippen LogP contribution in [0.1, 0.15) is 30.7 Å². The Morgan fingerprint density at radius 1 is 1.07 bits per heavy atom. The van der Waals surface area contributed by atoms with E-state index in [1.807, 2.05) is 18.5 Å². The molecule has 0 bridgehead atoms. The van der Waals surface area contributed by atoms with E-state index in [0.29, 0.717) is 28.3 Å². The van der Waals surface area contributed by atoms with Crippen molar-refractivity contribution in [3.8, 4) is 0 Å². The quantitative estimate of drug-likeness (QED) is 0.683. The van der Waals surface area contributed by atoms with Crippen LogP contribution in [0.2, 0.25) is 5.02 Å². The van der Waals surface area contributed by atoms with Gasteiger partial charge in [-0.2, -0.15) is 0 Å². The predicted octanol–water partition coefficient (Wildman–Crippen LogP) is 3.38. The molecule has 0 atom stereocenters. The van der Waals surface area contributed by atoms with Gasteiger partial charge in [-0.1, -0.05) is 11.6 Å². The second-order valence-electron chi connectivity index (χ2n) is 6.98. The molecule has 4 heterocycles. The Kier molecular flexibility index (Phi) is 3.93. The van der Waals surface area contributed by atoms with Crippen molar-refractivity contribution in [1.29, 1.82) is 0 Å². The number of rotatable bonds is 2. The Balaban J connectivity index is 1.52. The van der Waals surface area contributed by atoms with Crippen LogP contribution in [0, 0.1) is 0 Å². The predicted molar refractivity (Wildman–Crippen MR) is 107 cm³/mol. The third-order valence-electron chi connectivity index (χ3n) is 5.20. The van der Waals surface area contributed by atoms with Gasteiger partial charge >= 0.3 is 0 Å². The number of hydrogen-bond acceptors (Lipinski definition) is 5. The first kappa shape index (κ1) is 16.4. The molecule has 27 heavy (non-hydrogen) atoms. The fourth-order valence-corrected chi connectivity index (χ4v) is 3.98. The van der Waals surface area contributed by atoms with Gasteiger partial charge in [-0.25, -0.2) is 15.0 Å². The van der Waals surface area contributed by atoms with E-state index in [1.54, 1.807) is 22.8 Å². The van der Waals surface area contributed by atoms with E-state index in [2.05, 4.69) is 14.9 Å². The molecule has 7 heteroatoms. The first-order chi connectivity index (χ1) is 13.2. The second-order valence-corrected chi connectivity index (χ2v) is 7.42. The monoisotopic (exact) mass is 379 g/mol. The van der Waals surface area contributed by atoms with Gasteiger partial charge in [0.25, 0.3) is 5.56 Å². The summed E-state index contributed by atoms with van der Waals surface area (Å²) in [5.41, 5.74) is 2.55. The summed E-state index contributed by atoms with van der Waals surface area (Å²) in [5, 5.41) is 1.18. The van der Waals surface area contributed by atoms with Crippen LogP contribution in [-0.4, -0.2) is 32.6 Å². The molecule has 0 saturated carbocycles. The lowest BCUT2D eigenvalue weighted by Crippen LogP contribution is -2.20. The van der Waals surface area contributed by atoms with Crippen LogP contribution in [-0.2, 0) is 6.54 Å². The van der Waals surface area contributed by atoms with Crippen molar-refractivity contribution in [1.82, 2.24) is 19.5 Å². The van der Waals surface area contributed by atoms with Crippen LogP contribution < -0.4 is 10.5 Å². The molecule has 0 aliphatic carbocycles. The normalized spacial score (nSPS) is 17.8. The number of fused-ring (bicyclic) bond motifs is 2. The average molecular weight is 380 g/mol. The van der Waals surface area contributed by atoms with Crippen molar-refractivity contribution < 1.29 is 0 Å². The summed E-state index contributed by atoms with van der Waals surface area (Å²) < 4.78 is 1.74.